The lowest BCUT2D eigenvalue weighted by Gasteiger charge is -2.23. The molecule has 2 rings (SSSR count). The first-order valence-electron chi connectivity index (χ1n) is 6.44. The van der Waals surface area contributed by atoms with Gasteiger partial charge in [-0.05, 0) is 45.1 Å². The number of hydrogen-bond acceptors (Lipinski definition) is 3. The Hall–Kier alpha value is -1.58. The minimum atomic E-state index is -0.964. The van der Waals surface area contributed by atoms with Crippen LogP contribution in [0.25, 0.3) is 0 Å². The summed E-state index contributed by atoms with van der Waals surface area (Å²) in [5.74, 6) is -0.493. The molecule has 0 aromatic carbocycles. The Morgan fingerprint density at radius 2 is 2.39 bits per heavy atom. The van der Waals surface area contributed by atoms with Crippen molar-refractivity contribution < 1.29 is 9.90 Å². The van der Waals surface area contributed by atoms with E-state index in [1.165, 1.54) is 11.3 Å². The summed E-state index contributed by atoms with van der Waals surface area (Å²) in [5.41, 5.74) is 3.54. The van der Waals surface area contributed by atoms with Crippen molar-refractivity contribution in [3.8, 4) is 0 Å². The van der Waals surface area contributed by atoms with Crippen LogP contribution in [-0.4, -0.2) is 15.7 Å². The lowest BCUT2D eigenvalue weighted by Crippen LogP contribution is -2.22. The maximum Gasteiger partial charge on any atom is 0.0596 e. The van der Waals surface area contributed by atoms with Crippen LogP contribution in [0.5, 0.6) is 0 Å². The topological polar surface area (TPSA) is 57.9 Å². The number of aliphatic carboxylic acids is 1. The van der Waals surface area contributed by atoms with Crippen molar-refractivity contribution in [2.75, 3.05) is 0 Å². The van der Waals surface area contributed by atoms with E-state index in [2.05, 4.69) is 17.2 Å². The fraction of sp³-hybridized carbons (Fsp3) is 0.571. The number of allylic oxidation sites excluding steroid dienone is 2. The van der Waals surface area contributed by atoms with Gasteiger partial charge in [-0.25, -0.2) is 0 Å². The smallest absolute Gasteiger partial charge is 0.0596 e. The zero-order valence-corrected chi connectivity index (χ0v) is 11.0. The van der Waals surface area contributed by atoms with E-state index in [0.29, 0.717) is 12.3 Å². The van der Waals surface area contributed by atoms with Gasteiger partial charge in [0.1, 0.15) is 0 Å². The van der Waals surface area contributed by atoms with Gasteiger partial charge < -0.3 is 9.90 Å². The Labute approximate surface area is 107 Å². The molecule has 1 unspecified atom stereocenters. The second-order valence-electron chi connectivity index (χ2n) is 5.05. The molecule has 0 saturated carbocycles. The van der Waals surface area contributed by atoms with Gasteiger partial charge in [0.25, 0.3) is 0 Å². The van der Waals surface area contributed by atoms with E-state index in [1.807, 2.05) is 18.7 Å². The summed E-state index contributed by atoms with van der Waals surface area (Å²) in [5, 5.41) is 14.9. The van der Waals surface area contributed by atoms with Crippen LogP contribution in [0.1, 0.15) is 49.4 Å². The number of carbonyl (C=O) groups excluding carboxylic acids is 1. The molecule has 0 fully saturated rings. The van der Waals surface area contributed by atoms with E-state index in [-0.39, 0.29) is 6.42 Å². The molecule has 98 valence electrons. The zero-order chi connectivity index (χ0) is 13.1. The van der Waals surface area contributed by atoms with Crippen LogP contribution in [0.4, 0.5) is 0 Å². The Bertz CT molecular complexity index is 474. The molecular formula is C14H19N2O2-. The predicted molar refractivity (Wildman–Crippen MR) is 66.9 cm³/mol. The summed E-state index contributed by atoms with van der Waals surface area (Å²) >= 11 is 0. The molecule has 4 heteroatoms. The molecule has 1 aliphatic carbocycles. The molecule has 0 amide bonds. The van der Waals surface area contributed by atoms with E-state index >= 15 is 0 Å². The fourth-order valence-corrected chi connectivity index (χ4v) is 2.72. The molecule has 0 radical (unpaired) electrons. The van der Waals surface area contributed by atoms with Gasteiger partial charge in [-0.2, -0.15) is 5.10 Å². The summed E-state index contributed by atoms with van der Waals surface area (Å²) in [6, 6.07) is 2.13. The maximum absolute atomic E-state index is 10.5. The Morgan fingerprint density at radius 3 is 3.00 bits per heavy atom. The van der Waals surface area contributed by atoms with Crippen molar-refractivity contribution in [3.63, 3.8) is 0 Å². The monoisotopic (exact) mass is 247 g/mol. The molecule has 1 aliphatic rings. The standard InChI is InChI=1S/C14H20N2O2/c1-10-8-13(16(2)15-10)12-5-3-4-11(9-12)6-7-14(17)18/h4,8,12H,3,5-7,9H2,1-2H3,(H,17,18)/p-1. The van der Waals surface area contributed by atoms with Gasteiger partial charge in [0.05, 0.1) is 5.69 Å². The molecule has 1 aromatic heterocycles. The summed E-state index contributed by atoms with van der Waals surface area (Å²) in [7, 11) is 1.97. The SMILES string of the molecule is Cc1cc(C2CCC=C(CCC(=O)[O-])C2)n(C)n1. The summed E-state index contributed by atoms with van der Waals surface area (Å²) in [4.78, 5) is 10.5. The molecule has 0 bridgehead atoms. The molecule has 4 nitrogen and oxygen atoms in total. The molecule has 1 aromatic rings. The van der Waals surface area contributed by atoms with Crippen molar-refractivity contribution in [2.45, 2.75) is 44.9 Å². The molecular weight excluding hydrogens is 228 g/mol. The third-order valence-corrected chi connectivity index (χ3v) is 3.56. The van der Waals surface area contributed by atoms with Gasteiger partial charge in [0.2, 0.25) is 0 Å². The van der Waals surface area contributed by atoms with Crippen LogP contribution < -0.4 is 5.11 Å². The Kier molecular flexibility index (Phi) is 3.84. The van der Waals surface area contributed by atoms with Crippen molar-refractivity contribution in [1.82, 2.24) is 9.78 Å². The second kappa shape index (κ2) is 5.38. The van der Waals surface area contributed by atoms with Crippen LogP contribution in [-0.2, 0) is 11.8 Å². The van der Waals surface area contributed by atoms with E-state index < -0.39 is 5.97 Å². The molecule has 18 heavy (non-hydrogen) atoms. The molecule has 0 spiro atoms. The first kappa shape index (κ1) is 12.9. The highest BCUT2D eigenvalue weighted by molar-refractivity contribution is 5.64. The Morgan fingerprint density at radius 1 is 1.61 bits per heavy atom. The highest BCUT2D eigenvalue weighted by Gasteiger charge is 2.20. The van der Waals surface area contributed by atoms with Gasteiger partial charge >= 0.3 is 0 Å². The van der Waals surface area contributed by atoms with Gasteiger partial charge in [-0.3, -0.25) is 4.68 Å². The van der Waals surface area contributed by atoms with Crippen LogP contribution in [0.3, 0.4) is 0 Å². The van der Waals surface area contributed by atoms with Crippen molar-refractivity contribution >= 4 is 5.97 Å². The number of aromatic nitrogens is 2. The first-order chi connectivity index (χ1) is 8.56. The van der Waals surface area contributed by atoms with Crippen molar-refractivity contribution in [3.05, 3.63) is 29.1 Å². The molecule has 0 aliphatic heterocycles. The van der Waals surface area contributed by atoms with Crippen LogP contribution in [0.15, 0.2) is 17.7 Å². The minimum absolute atomic E-state index is 0.128. The van der Waals surface area contributed by atoms with Gasteiger partial charge in [0.15, 0.2) is 0 Å². The van der Waals surface area contributed by atoms with Crippen molar-refractivity contribution in [2.24, 2.45) is 7.05 Å². The number of carbonyl (C=O) groups is 1. The highest BCUT2D eigenvalue weighted by atomic mass is 16.4. The average molecular weight is 247 g/mol. The second-order valence-corrected chi connectivity index (χ2v) is 5.05. The molecule has 0 saturated heterocycles. The van der Waals surface area contributed by atoms with Crippen molar-refractivity contribution in [1.29, 1.82) is 0 Å². The van der Waals surface area contributed by atoms with E-state index in [9.17, 15) is 9.90 Å². The number of nitrogens with zero attached hydrogens (tertiary/aromatic N) is 2. The Balaban J connectivity index is 2.03. The number of rotatable bonds is 4. The number of aryl methyl sites for hydroxylation is 2. The largest absolute Gasteiger partial charge is 0.550 e. The number of hydrogen-bond donors (Lipinski definition) is 0. The highest BCUT2D eigenvalue weighted by Crippen LogP contribution is 2.34. The number of carboxylic acids is 1. The van der Waals surface area contributed by atoms with Crippen LogP contribution in [0, 0.1) is 6.92 Å². The average Bonchev–Trinajstić information content (AvgIpc) is 2.66. The summed E-state index contributed by atoms with van der Waals surface area (Å²) < 4.78 is 1.95. The minimum Gasteiger partial charge on any atom is -0.550 e. The predicted octanol–water partition coefficient (Wildman–Crippen LogP) is 1.45. The van der Waals surface area contributed by atoms with Gasteiger partial charge in [-0.1, -0.05) is 11.6 Å². The van der Waals surface area contributed by atoms with E-state index in [4.69, 9.17) is 0 Å². The third-order valence-electron chi connectivity index (χ3n) is 3.56. The summed E-state index contributed by atoms with van der Waals surface area (Å²) in [6.45, 7) is 2.00. The third kappa shape index (κ3) is 3.00. The summed E-state index contributed by atoms with van der Waals surface area (Å²) in [6.07, 6.45) is 6.03. The number of carboxylic acid groups (broad SMARTS) is 1. The maximum atomic E-state index is 10.5. The van der Waals surface area contributed by atoms with Crippen LogP contribution in [0.2, 0.25) is 0 Å². The first-order valence-corrected chi connectivity index (χ1v) is 6.44. The lowest BCUT2D eigenvalue weighted by atomic mass is 9.85. The lowest BCUT2D eigenvalue weighted by molar-refractivity contribution is -0.305. The molecule has 0 N–H and O–H groups in total. The quantitative estimate of drug-likeness (QED) is 0.757. The van der Waals surface area contributed by atoms with Gasteiger partial charge in [-0.15, -0.1) is 0 Å². The van der Waals surface area contributed by atoms with E-state index in [0.717, 1.165) is 25.0 Å². The normalized spacial score (nSPS) is 19.7. The zero-order valence-electron chi connectivity index (χ0n) is 11.0. The van der Waals surface area contributed by atoms with Crippen LogP contribution >= 0.6 is 0 Å². The van der Waals surface area contributed by atoms with Gasteiger partial charge in [0, 0.05) is 24.6 Å². The fourth-order valence-electron chi connectivity index (χ4n) is 2.72. The molecule has 1 heterocycles. The van der Waals surface area contributed by atoms with E-state index in [1.54, 1.807) is 0 Å². The molecule has 1 atom stereocenters.